The third-order valence-corrected chi connectivity index (χ3v) is 1.07. The summed E-state index contributed by atoms with van der Waals surface area (Å²) in [5.74, 6) is 0.272. The maximum Gasteiger partial charge on any atom is 0.222 e. The number of amides is 1. The van der Waals surface area contributed by atoms with Crippen LogP contribution in [0.3, 0.4) is 0 Å². The Hall–Kier alpha value is -0.530. The molecule has 76 valence electrons. The predicted molar refractivity (Wildman–Crippen MR) is 56.2 cm³/mol. The Morgan fingerprint density at radius 1 is 1.33 bits per heavy atom. The molecule has 0 aliphatic carbocycles. The van der Waals surface area contributed by atoms with Gasteiger partial charge in [-0.3, -0.25) is 4.79 Å². The van der Waals surface area contributed by atoms with Crippen LogP contribution in [-0.2, 0) is 4.79 Å². The van der Waals surface area contributed by atoms with Gasteiger partial charge >= 0.3 is 0 Å². The van der Waals surface area contributed by atoms with Gasteiger partial charge in [0, 0.05) is 13.9 Å². The number of hydrogen-bond donors (Lipinski definition) is 1. The first-order valence-corrected chi connectivity index (χ1v) is 4.87. The van der Waals surface area contributed by atoms with Crippen LogP contribution in [0.15, 0.2) is 0 Å². The second-order valence-corrected chi connectivity index (χ2v) is 3.15. The van der Waals surface area contributed by atoms with Gasteiger partial charge in [0.2, 0.25) is 5.91 Å². The molecule has 1 amide bonds. The van der Waals surface area contributed by atoms with E-state index in [-0.39, 0.29) is 13.3 Å². The van der Waals surface area contributed by atoms with Crippen LogP contribution in [0.5, 0.6) is 0 Å². The summed E-state index contributed by atoms with van der Waals surface area (Å²) in [5.41, 5.74) is 0. The standard InChI is InChI=1S/C7H15NO.C3H8.H2/c1-4-5-8-7(9)6(2)3;1-3-2;/h6H,4-5H2,1-3H3,(H,8,9);3H2,1-2H3;1H. The number of rotatable bonds is 3. The average molecular weight is 175 g/mol. The lowest BCUT2D eigenvalue weighted by Gasteiger charge is -2.04. The second kappa shape index (κ2) is 10.5. The maximum absolute atomic E-state index is 10.8. The summed E-state index contributed by atoms with van der Waals surface area (Å²) in [7, 11) is 0. The molecule has 2 heteroatoms. The van der Waals surface area contributed by atoms with E-state index in [9.17, 15) is 4.79 Å². The largest absolute Gasteiger partial charge is 0.356 e. The van der Waals surface area contributed by atoms with Crippen molar-refractivity contribution in [2.75, 3.05) is 6.54 Å². The third kappa shape index (κ3) is 12.2. The molecule has 0 rings (SSSR count). The summed E-state index contributed by atoms with van der Waals surface area (Å²) in [6, 6.07) is 0. The van der Waals surface area contributed by atoms with Gasteiger partial charge in [-0.1, -0.05) is 41.0 Å². The highest BCUT2D eigenvalue weighted by Crippen LogP contribution is 1.89. The molecule has 0 aliphatic rings. The zero-order valence-corrected chi connectivity index (χ0v) is 9.11. The highest BCUT2D eigenvalue weighted by molar-refractivity contribution is 5.77. The molecule has 0 aliphatic heterocycles. The minimum Gasteiger partial charge on any atom is -0.356 e. The molecule has 0 fully saturated rings. The fraction of sp³-hybridized carbons (Fsp3) is 0.900. The molecule has 0 radical (unpaired) electrons. The Kier molecular flexibility index (Phi) is 12.2. The highest BCUT2D eigenvalue weighted by Gasteiger charge is 2.03. The average Bonchev–Trinajstić information content (AvgIpc) is 2.01. The van der Waals surface area contributed by atoms with Crippen molar-refractivity contribution in [1.82, 2.24) is 5.32 Å². The Bertz CT molecular complexity index is 105. The molecule has 0 aromatic rings. The maximum atomic E-state index is 10.8. The molecule has 0 spiro atoms. The Labute approximate surface area is 78.2 Å². The molecule has 0 saturated heterocycles. The minimum absolute atomic E-state index is 0. The van der Waals surface area contributed by atoms with Crippen molar-refractivity contribution in [3.63, 3.8) is 0 Å². The Morgan fingerprint density at radius 3 is 2.00 bits per heavy atom. The van der Waals surface area contributed by atoms with E-state index in [1.54, 1.807) is 0 Å². The van der Waals surface area contributed by atoms with Crippen molar-refractivity contribution in [3.8, 4) is 0 Å². The van der Waals surface area contributed by atoms with Gasteiger partial charge in [-0.15, -0.1) is 0 Å². The molecule has 0 unspecified atom stereocenters. The van der Waals surface area contributed by atoms with E-state index in [0.29, 0.717) is 0 Å². The van der Waals surface area contributed by atoms with Crippen LogP contribution < -0.4 is 5.32 Å². The van der Waals surface area contributed by atoms with Crippen LogP contribution in [0.1, 0.15) is 48.9 Å². The van der Waals surface area contributed by atoms with Gasteiger partial charge in [-0.05, 0) is 6.42 Å². The van der Waals surface area contributed by atoms with Gasteiger partial charge in [0.05, 0.1) is 0 Å². The fourth-order valence-electron chi connectivity index (χ4n) is 0.452. The SMILES string of the molecule is CCC.CCCNC(=O)C(C)C.[HH]. The third-order valence-electron chi connectivity index (χ3n) is 1.07. The molecule has 0 bridgehead atoms. The van der Waals surface area contributed by atoms with E-state index in [1.165, 1.54) is 6.42 Å². The van der Waals surface area contributed by atoms with Crippen molar-refractivity contribution in [1.29, 1.82) is 0 Å². The van der Waals surface area contributed by atoms with Gasteiger partial charge in [0.1, 0.15) is 0 Å². The van der Waals surface area contributed by atoms with Crippen LogP contribution in [0.2, 0.25) is 0 Å². The van der Waals surface area contributed by atoms with E-state index in [1.807, 2.05) is 20.8 Å². The van der Waals surface area contributed by atoms with Gasteiger partial charge in [-0.2, -0.15) is 0 Å². The first-order chi connectivity index (χ1) is 5.59. The molecule has 1 N–H and O–H groups in total. The highest BCUT2D eigenvalue weighted by atomic mass is 16.1. The van der Waals surface area contributed by atoms with Crippen molar-refractivity contribution in [2.45, 2.75) is 47.5 Å². The second-order valence-electron chi connectivity index (χ2n) is 3.15. The molecule has 12 heavy (non-hydrogen) atoms. The van der Waals surface area contributed by atoms with Gasteiger partial charge in [0.25, 0.3) is 0 Å². The number of carbonyl (C=O) groups is 1. The first-order valence-electron chi connectivity index (χ1n) is 4.87. The number of carbonyl (C=O) groups excluding carboxylic acids is 1. The van der Waals surface area contributed by atoms with Gasteiger partial charge < -0.3 is 5.32 Å². The van der Waals surface area contributed by atoms with E-state index >= 15 is 0 Å². The van der Waals surface area contributed by atoms with Crippen LogP contribution in [0.4, 0.5) is 0 Å². The summed E-state index contributed by atoms with van der Waals surface area (Å²) in [6.45, 7) is 10.9. The molecule has 2 nitrogen and oxygen atoms in total. The van der Waals surface area contributed by atoms with E-state index in [2.05, 4.69) is 19.2 Å². The van der Waals surface area contributed by atoms with Crippen molar-refractivity contribution < 1.29 is 6.22 Å². The lowest BCUT2D eigenvalue weighted by atomic mass is 10.2. The molecule has 0 atom stereocenters. The van der Waals surface area contributed by atoms with E-state index in [4.69, 9.17) is 0 Å². The zero-order chi connectivity index (χ0) is 9.98. The first kappa shape index (κ1) is 14.0. The fourth-order valence-corrected chi connectivity index (χ4v) is 0.452. The zero-order valence-electron chi connectivity index (χ0n) is 9.11. The molecule has 0 saturated carbocycles. The van der Waals surface area contributed by atoms with Crippen LogP contribution in [-0.4, -0.2) is 12.5 Å². The number of hydrogen-bond acceptors (Lipinski definition) is 1. The molecule has 0 heterocycles. The van der Waals surface area contributed by atoms with E-state index in [0.717, 1.165) is 13.0 Å². The predicted octanol–water partition coefficient (Wildman–Crippen LogP) is 2.83. The summed E-state index contributed by atoms with van der Waals surface area (Å²) < 4.78 is 0. The van der Waals surface area contributed by atoms with E-state index < -0.39 is 0 Å². The summed E-state index contributed by atoms with van der Waals surface area (Å²) in [6.07, 6.45) is 2.26. The summed E-state index contributed by atoms with van der Waals surface area (Å²) in [5, 5.41) is 2.79. The summed E-state index contributed by atoms with van der Waals surface area (Å²) >= 11 is 0. The van der Waals surface area contributed by atoms with Crippen molar-refractivity contribution in [2.24, 2.45) is 5.92 Å². The smallest absolute Gasteiger partial charge is 0.222 e. The molecule has 0 aromatic carbocycles. The van der Waals surface area contributed by atoms with Crippen molar-refractivity contribution >= 4 is 5.91 Å². The lowest BCUT2D eigenvalue weighted by molar-refractivity contribution is -0.123. The molecule has 0 aromatic heterocycles. The minimum atomic E-state index is 0. The van der Waals surface area contributed by atoms with Crippen LogP contribution >= 0.6 is 0 Å². The van der Waals surface area contributed by atoms with Crippen molar-refractivity contribution in [3.05, 3.63) is 0 Å². The molecular formula is C10H25NO. The van der Waals surface area contributed by atoms with Gasteiger partial charge in [-0.25, -0.2) is 0 Å². The normalized spacial score (nSPS) is 8.83. The van der Waals surface area contributed by atoms with Crippen LogP contribution in [0.25, 0.3) is 0 Å². The summed E-state index contributed by atoms with van der Waals surface area (Å²) in [4.78, 5) is 10.8. The Balaban J connectivity index is -0.000000220. The Morgan fingerprint density at radius 2 is 1.75 bits per heavy atom. The number of nitrogens with one attached hydrogen (secondary N) is 1. The van der Waals surface area contributed by atoms with Crippen LogP contribution in [0, 0.1) is 5.92 Å². The van der Waals surface area contributed by atoms with Gasteiger partial charge in [0.15, 0.2) is 0 Å². The lowest BCUT2D eigenvalue weighted by Crippen LogP contribution is -2.28. The topological polar surface area (TPSA) is 29.1 Å². The monoisotopic (exact) mass is 175 g/mol. The quantitative estimate of drug-likeness (QED) is 0.702. The molecular weight excluding hydrogens is 150 g/mol.